The normalized spacial score (nSPS) is 13.4. The van der Waals surface area contributed by atoms with Gasteiger partial charge in [-0.15, -0.1) is 0 Å². The number of carbonyl (C=O) groups excluding carboxylic acids is 2. The van der Waals surface area contributed by atoms with Crippen molar-refractivity contribution in [3.05, 3.63) is 125 Å². The summed E-state index contributed by atoms with van der Waals surface area (Å²) in [5.74, 6) is -0.232. The van der Waals surface area contributed by atoms with E-state index in [0.29, 0.717) is 17.7 Å². The largest absolute Gasteiger partial charge is 0.346 e. The van der Waals surface area contributed by atoms with Gasteiger partial charge in [0.15, 0.2) is 0 Å². The van der Waals surface area contributed by atoms with E-state index in [9.17, 15) is 9.59 Å². The minimum atomic E-state index is -0.167. The Labute approximate surface area is 210 Å². The molecule has 4 aromatic carbocycles. The summed E-state index contributed by atoms with van der Waals surface area (Å²) in [6, 6.07) is 31.1. The van der Waals surface area contributed by atoms with Crippen LogP contribution in [0.25, 0.3) is 0 Å². The minimum absolute atomic E-state index is 0.0645. The molecule has 174 valence electrons. The maximum Gasteiger partial charge on any atom is 0.259 e. The molecule has 0 saturated carbocycles. The Balaban J connectivity index is 1.53. The fourth-order valence-corrected chi connectivity index (χ4v) is 5.34. The van der Waals surface area contributed by atoms with Crippen molar-refractivity contribution >= 4 is 29.3 Å². The van der Waals surface area contributed by atoms with Gasteiger partial charge in [-0.05, 0) is 60.9 Å². The van der Waals surface area contributed by atoms with Crippen molar-refractivity contribution in [2.45, 2.75) is 36.2 Å². The Bertz CT molecular complexity index is 1400. The zero-order chi connectivity index (χ0) is 24.4. The smallest absolute Gasteiger partial charge is 0.259 e. The monoisotopic (exact) mass is 478 g/mol. The number of rotatable bonds is 5. The molecule has 0 radical (unpaired) electrons. The van der Waals surface area contributed by atoms with Gasteiger partial charge in [-0.2, -0.15) is 0 Å². The number of nitrogens with one attached hydrogen (secondary N) is 1. The third kappa shape index (κ3) is 4.73. The van der Waals surface area contributed by atoms with Crippen molar-refractivity contribution in [2.24, 2.45) is 0 Å². The van der Waals surface area contributed by atoms with Crippen molar-refractivity contribution < 1.29 is 9.59 Å². The molecule has 0 aliphatic carbocycles. The lowest BCUT2D eigenvalue weighted by Crippen LogP contribution is -2.31. The second kappa shape index (κ2) is 9.80. The second-order valence-corrected chi connectivity index (χ2v) is 9.79. The van der Waals surface area contributed by atoms with Crippen LogP contribution in [0.15, 0.2) is 107 Å². The summed E-state index contributed by atoms with van der Waals surface area (Å²) in [5, 5.41) is 3.09. The van der Waals surface area contributed by atoms with Gasteiger partial charge < -0.3 is 10.2 Å². The Morgan fingerprint density at radius 3 is 2.40 bits per heavy atom. The first kappa shape index (κ1) is 22.9. The van der Waals surface area contributed by atoms with E-state index in [1.165, 1.54) is 0 Å². The van der Waals surface area contributed by atoms with Crippen LogP contribution in [0.3, 0.4) is 0 Å². The van der Waals surface area contributed by atoms with Crippen LogP contribution in [0, 0.1) is 6.92 Å². The molecule has 4 nitrogen and oxygen atoms in total. The fraction of sp³-hybridized carbons (Fsp3) is 0.133. The number of amides is 2. The lowest BCUT2D eigenvalue weighted by molar-refractivity contribution is 0.0937. The van der Waals surface area contributed by atoms with Crippen LogP contribution in [0.4, 0.5) is 5.69 Å². The van der Waals surface area contributed by atoms with Crippen molar-refractivity contribution in [1.82, 2.24) is 5.32 Å². The van der Waals surface area contributed by atoms with Crippen LogP contribution >= 0.6 is 11.8 Å². The van der Waals surface area contributed by atoms with E-state index in [2.05, 4.69) is 18.3 Å². The van der Waals surface area contributed by atoms with Crippen molar-refractivity contribution in [3.63, 3.8) is 0 Å². The summed E-state index contributed by atoms with van der Waals surface area (Å²) < 4.78 is 0. The van der Waals surface area contributed by atoms with Crippen LogP contribution in [-0.4, -0.2) is 11.8 Å². The van der Waals surface area contributed by atoms with Crippen molar-refractivity contribution in [2.75, 3.05) is 4.90 Å². The minimum Gasteiger partial charge on any atom is -0.346 e. The van der Waals surface area contributed by atoms with E-state index in [0.717, 1.165) is 32.2 Å². The number of hydrogen-bond acceptors (Lipinski definition) is 3. The quantitative estimate of drug-likeness (QED) is 0.343. The SMILES string of the molecule is Cc1ccccc1CN1C(=O)c2ccccc2Sc2ccc(C(=O)N[C@H](C)c3ccccc3)cc21. The number of benzene rings is 4. The van der Waals surface area contributed by atoms with E-state index < -0.39 is 0 Å². The predicted octanol–water partition coefficient (Wildman–Crippen LogP) is 6.80. The van der Waals surface area contributed by atoms with Gasteiger partial charge in [0, 0.05) is 15.4 Å². The van der Waals surface area contributed by atoms with E-state index in [-0.39, 0.29) is 17.9 Å². The fourth-order valence-electron chi connectivity index (χ4n) is 4.28. The first-order chi connectivity index (χ1) is 17.0. The molecular formula is C30H26N2O2S. The molecule has 1 N–H and O–H groups in total. The van der Waals surface area contributed by atoms with Crippen LogP contribution in [-0.2, 0) is 6.54 Å². The van der Waals surface area contributed by atoms with Crippen molar-refractivity contribution in [1.29, 1.82) is 0 Å². The number of nitrogens with zero attached hydrogens (tertiary/aromatic N) is 1. The molecule has 35 heavy (non-hydrogen) atoms. The molecule has 4 aromatic rings. The third-order valence-electron chi connectivity index (χ3n) is 6.33. The third-order valence-corrected chi connectivity index (χ3v) is 7.47. The summed E-state index contributed by atoms with van der Waals surface area (Å²) in [7, 11) is 0. The highest BCUT2D eigenvalue weighted by molar-refractivity contribution is 7.99. The maximum absolute atomic E-state index is 13.8. The lowest BCUT2D eigenvalue weighted by atomic mass is 10.1. The van der Waals surface area contributed by atoms with Gasteiger partial charge in [-0.25, -0.2) is 0 Å². The summed E-state index contributed by atoms with van der Waals surface area (Å²) in [6.07, 6.45) is 0. The van der Waals surface area contributed by atoms with Crippen LogP contribution in [0.5, 0.6) is 0 Å². The van der Waals surface area contributed by atoms with E-state index in [1.807, 2.05) is 97.9 Å². The highest BCUT2D eigenvalue weighted by atomic mass is 32.2. The number of fused-ring (bicyclic) bond motifs is 2. The molecule has 0 unspecified atom stereocenters. The van der Waals surface area contributed by atoms with Crippen LogP contribution < -0.4 is 10.2 Å². The van der Waals surface area contributed by atoms with E-state index >= 15 is 0 Å². The number of aryl methyl sites for hydroxylation is 1. The molecule has 1 heterocycles. The van der Waals surface area contributed by atoms with Gasteiger partial charge >= 0.3 is 0 Å². The first-order valence-electron chi connectivity index (χ1n) is 11.6. The van der Waals surface area contributed by atoms with Crippen molar-refractivity contribution in [3.8, 4) is 0 Å². The topological polar surface area (TPSA) is 49.4 Å². The van der Waals surface area contributed by atoms with Crippen LogP contribution in [0.2, 0.25) is 0 Å². The summed E-state index contributed by atoms with van der Waals surface area (Å²) >= 11 is 1.56. The van der Waals surface area contributed by atoms with Gasteiger partial charge in [0.25, 0.3) is 11.8 Å². The standard InChI is InChI=1S/C30H26N2O2S/c1-20-10-6-7-13-24(20)19-32-26-18-23(29(33)31-21(2)22-11-4-3-5-12-22)16-17-28(26)35-27-15-9-8-14-25(27)30(32)34/h3-18,21H,19H2,1-2H3,(H,31,33)/t21-/m1/s1. The molecule has 0 bridgehead atoms. The maximum atomic E-state index is 13.8. The molecule has 2 amide bonds. The van der Waals surface area contributed by atoms with E-state index in [1.54, 1.807) is 16.7 Å². The Hall–Kier alpha value is -3.83. The second-order valence-electron chi connectivity index (χ2n) is 8.70. The Morgan fingerprint density at radius 2 is 1.60 bits per heavy atom. The number of anilines is 1. The van der Waals surface area contributed by atoms with Gasteiger partial charge in [0.2, 0.25) is 0 Å². The van der Waals surface area contributed by atoms with Gasteiger partial charge in [0.05, 0.1) is 23.8 Å². The predicted molar refractivity (Wildman–Crippen MR) is 141 cm³/mol. The molecule has 1 aliphatic heterocycles. The molecular weight excluding hydrogens is 452 g/mol. The van der Waals surface area contributed by atoms with E-state index in [4.69, 9.17) is 0 Å². The molecule has 1 aliphatic rings. The molecule has 5 rings (SSSR count). The average Bonchev–Trinajstić information content (AvgIpc) is 3.00. The molecule has 0 aromatic heterocycles. The molecule has 5 heteroatoms. The highest BCUT2D eigenvalue weighted by Gasteiger charge is 2.28. The Kier molecular flexibility index (Phi) is 6.43. The summed E-state index contributed by atoms with van der Waals surface area (Å²) in [4.78, 5) is 30.6. The molecule has 0 spiro atoms. The number of hydrogen-bond donors (Lipinski definition) is 1. The number of carbonyl (C=O) groups is 2. The van der Waals surface area contributed by atoms with Gasteiger partial charge in [-0.1, -0.05) is 78.5 Å². The molecule has 0 fully saturated rings. The highest BCUT2D eigenvalue weighted by Crippen LogP contribution is 2.42. The average molecular weight is 479 g/mol. The zero-order valence-electron chi connectivity index (χ0n) is 19.7. The zero-order valence-corrected chi connectivity index (χ0v) is 20.5. The lowest BCUT2D eigenvalue weighted by Gasteiger charge is -2.25. The first-order valence-corrected chi connectivity index (χ1v) is 12.5. The molecule has 1 atom stereocenters. The Morgan fingerprint density at radius 1 is 0.886 bits per heavy atom. The summed E-state index contributed by atoms with van der Waals surface area (Å²) in [5.41, 5.74) is 5.19. The molecule has 0 saturated heterocycles. The van der Waals surface area contributed by atoms with Gasteiger partial charge in [-0.3, -0.25) is 9.59 Å². The summed E-state index contributed by atoms with van der Waals surface area (Å²) in [6.45, 7) is 4.45. The van der Waals surface area contributed by atoms with Crippen LogP contribution in [0.1, 0.15) is 50.4 Å². The van der Waals surface area contributed by atoms with Gasteiger partial charge in [0.1, 0.15) is 0 Å².